The van der Waals surface area contributed by atoms with Crippen LogP contribution in [0.1, 0.15) is 25.7 Å². The zero-order valence-electron chi connectivity index (χ0n) is 8.66. The molecule has 0 bridgehead atoms. The van der Waals surface area contributed by atoms with Crippen LogP contribution in [0.2, 0.25) is 0 Å². The van der Waals surface area contributed by atoms with Crippen molar-refractivity contribution in [3.05, 3.63) is 0 Å². The molecule has 2 heterocycles. The third-order valence-corrected chi connectivity index (χ3v) is 3.34. The first-order valence-electron chi connectivity index (χ1n) is 5.41. The van der Waals surface area contributed by atoms with Crippen LogP contribution >= 0.6 is 0 Å². The molecule has 2 aliphatic heterocycles. The van der Waals surface area contributed by atoms with E-state index in [0.717, 1.165) is 6.04 Å². The molecule has 1 N–H and O–H groups in total. The summed E-state index contributed by atoms with van der Waals surface area (Å²) in [5.41, 5.74) is 0. The highest BCUT2D eigenvalue weighted by molar-refractivity contribution is 5.66. The molecule has 0 radical (unpaired) electrons. The molecule has 2 rings (SSSR count). The van der Waals surface area contributed by atoms with Gasteiger partial charge >= 0.3 is 6.09 Å². The minimum atomic E-state index is -0.312. The zero-order chi connectivity index (χ0) is 9.97. The number of hydrogen-bond acceptors (Lipinski definition) is 3. The Balaban J connectivity index is 1.78. The van der Waals surface area contributed by atoms with E-state index in [1.165, 1.54) is 32.2 Å². The first kappa shape index (κ1) is 9.77. The fraction of sp³-hybridized carbons (Fsp3) is 0.900. The Morgan fingerprint density at radius 2 is 2.36 bits per heavy atom. The number of hydrogen-bond donors (Lipinski definition) is 1. The molecule has 1 amide bonds. The second-order valence-corrected chi connectivity index (χ2v) is 4.11. The molecule has 0 spiro atoms. The van der Waals surface area contributed by atoms with E-state index in [0.29, 0.717) is 12.6 Å². The Hall–Kier alpha value is -0.770. The molecule has 0 saturated carbocycles. The van der Waals surface area contributed by atoms with Gasteiger partial charge in [-0.1, -0.05) is 0 Å². The van der Waals surface area contributed by atoms with Crippen molar-refractivity contribution >= 4 is 6.09 Å². The Morgan fingerprint density at radius 1 is 1.50 bits per heavy atom. The van der Waals surface area contributed by atoms with Gasteiger partial charge in [0, 0.05) is 19.1 Å². The van der Waals surface area contributed by atoms with Gasteiger partial charge in [0.1, 0.15) is 6.61 Å². The lowest BCUT2D eigenvalue weighted by molar-refractivity contribution is 0.107. The number of nitrogens with one attached hydrogen (secondary N) is 1. The molecule has 14 heavy (non-hydrogen) atoms. The number of nitrogens with zero attached hydrogens (tertiary/aromatic N) is 1. The van der Waals surface area contributed by atoms with Crippen molar-refractivity contribution in [2.45, 2.75) is 37.8 Å². The van der Waals surface area contributed by atoms with Gasteiger partial charge in [0.2, 0.25) is 0 Å². The normalized spacial score (nSPS) is 31.5. The second-order valence-electron chi connectivity index (χ2n) is 4.11. The standard InChI is InChI=1S/C10H18N2O2/c1-11-10(13)14-7-9-5-4-8-3-2-6-12(8)9/h8-9H,2-7H2,1H3,(H,11,13). The summed E-state index contributed by atoms with van der Waals surface area (Å²) in [7, 11) is 1.59. The maximum atomic E-state index is 10.9. The van der Waals surface area contributed by atoms with E-state index in [2.05, 4.69) is 10.2 Å². The summed E-state index contributed by atoms with van der Waals surface area (Å²) in [6, 6.07) is 1.24. The van der Waals surface area contributed by atoms with Crippen LogP contribution in [0.4, 0.5) is 4.79 Å². The predicted molar refractivity (Wildman–Crippen MR) is 53.2 cm³/mol. The highest BCUT2D eigenvalue weighted by Gasteiger charge is 2.36. The lowest BCUT2D eigenvalue weighted by Gasteiger charge is -2.23. The molecular weight excluding hydrogens is 180 g/mol. The number of carbonyl (C=O) groups is 1. The fourth-order valence-electron chi connectivity index (χ4n) is 2.62. The van der Waals surface area contributed by atoms with E-state index >= 15 is 0 Å². The number of rotatable bonds is 2. The molecule has 4 nitrogen and oxygen atoms in total. The van der Waals surface area contributed by atoms with Crippen molar-refractivity contribution in [3.63, 3.8) is 0 Å². The molecule has 2 fully saturated rings. The van der Waals surface area contributed by atoms with Gasteiger partial charge in [0.25, 0.3) is 0 Å². The van der Waals surface area contributed by atoms with Gasteiger partial charge in [0.15, 0.2) is 0 Å². The van der Waals surface area contributed by atoms with Gasteiger partial charge in [-0.05, 0) is 32.2 Å². The van der Waals surface area contributed by atoms with E-state index in [1.807, 2.05) is 0 Å². The van der Waals surface area contributed by atoms with E-state index in [4.69, 9.17) is 4.74 Å². The topological polar surface area (TPSA) is 41.6 Å². The van der Waals surface area contributed by atoms with Crippen molar-refractivity contribution in [1.82, 2.24) is 10.2 Å². The number of alkyl carbamates (subject to hydrolysis) is 1. The zero-order valence-corrected chi connectivity index (χ0v) is 8.66. The quantitative estimate of drug-likeness (QED) is 0.719. The molecule has 80 valence electrons. The van der Waals surface area contributed by atoms with Crippen molar-refractivity contribution in [2.24, 2.45) is 0 Å². The van der Waals surface area contributed by atoms with Gasteiger partial charge < -0.3 is 10.1 Å². The van der Waals surface area contributed by atoms with Gasteiger partial charge in [0.05, 0.1) is 0 Å². The van der Waals surface area contributed by atoms with Gasteiger partial charge in [-0.15, -0.1) is 0 Å². The lowest BCUT2D eigenvalue weighted by Crippen LogP contribution is -2.36. The maximum absolute atomic E-state index is 10.9. The third-order valence-electron chi connectivity index (χ3n) is 3.34. The molecule has 0 aromatic carbocycles. The van der Waals surface area contributed by atoms with E-state index in [9.17, 15) is 4.79 Å². The summed E-state index contributed by atoms with van der Waals surface area (Å²) in [5.74, 6) is 0. The molecule has 4 heteroatoms. The molecule has 2 unspecified atom stereocenters. The molecule has 2 saturated heterocycles. The number of amides is 1. The van der Waals surface area contributed by atoms with Crippen LogP contribution in [0, 0.1) is 0 Å². The minimum Gasteiger partial charge on any atom is -0.448 e. The molecule has 2 aliphatic rings. The molecule has 2 atom stereocenters. The second kappa shape index (κ2) is 4.17. The van der Waals surface area contributed by atoms with Crippen LogP contribution in [0.3, 0.4) is 0 Å². The van der Waals surface area contributed by atoms with Gasteiger partial charge in [-0.3, -0.25) is 4.90 Å². The van der Waals surface area contributed by atoms with Crippen molar-refractivity contribution < 1.29 is 9.53 Å². The molecule has 0 aromatic rings. The molecule has 0 aromatic heterocycles. The van der Waals surface area contributed by atoms with E-state index in [1.54, 1.807) is 7.05 Å². The summed E-state index contributed by atoms with van der Waals surface area (Å²) >= 11 is 0. The van der Waals surface area contributed by atoms with Crippen LogP contribution in [-0.4, -0.2) is 43.3 Å². The molecular formula is C10H18N2O2. The number of carbonyl (C=O) groups excluding carboxylic acids is 1. The summed E-state index contributed by atoms with van der Waals surface area (Å²) in [4.78, 5) is 13.4. The Kier molecular flexibility index (Phi) is 2.91. The first-order valence-corrected chi connectivity index (χ1v) is 5.41. The van der Waals surface area contributed by atoms with Gasteiger partial charge in [-0.25, -0.2) is 4.79 Å². The monoisotopic (exact) mass is 198 g/mol. The van der Waals surface area contributed by atoms with Crippen LogP contribution < -0.4 is 5.32 Å². The SMILES string of the molecule is CNC(=O)OCC1CCC2CCCN21. The number of fused-ring (bicyclic) bond motifs is 1. The van der Waals surface area contributed by atoms with Crippen molar-refractivity contribution in [1.29, 1.82) is 0 Å². The predicted octanol–water partition coefficient (Wildman–Crippen LogP) is 0.969. The summed E-state index contributed by atoms with van der Waals surface area (Å²) in [6.07, 6.45) is 4.79. The maximum Gasteiger partial charge on any atom is 0.406 e. The Morgan fingerprint density at radius 3 is 3.14 bits per heavy atom. The first-order chi connectivity index (χ1) is 6.81. The van der Waals surface area contributed by atoms with Gasteiger partial charge in [-0.2, -0.15) is 0 Å². The Bertz CT molecular complexity index is 220. The highest BCUT2D eigenvalue weighted by Crippen LogP contribution is 2.32. The Labute approximate surface area is 84.6 Å². The summed E-state index contributed by atoms with van der Waals surface area (Å²) in [6.45, 7) is 1.74. The average Bonchev–Trinajstić information content (AvgIpc) is 2.76. The average molecular weight is 198 g/mol. The smallest absolute Gasteiger partial charge is 0.406 e. The lowest BCUT2D eigenvalue weighted by atomic mass is 10.1. The van der Waals surface area contributed by atoms with E-state index < -0.39 is 0 Å². The largest absolute Gasteiger partial charge is 0.448 e. The van der Waals surface area contributed by atoms with Crippen LogP contribution in [0.15, 0.2) is 0 Å². The fourth-order valence-corrected chi connectivity index (χ4v) is 2.62. The van der Waals surface area contributed by atoms with Crippen LogP contribution in [0.5, 0.6) is 0 Å². The third kappa shape index (κ3) is 1.85. The summed E-state index contributed by atoms with van der Waals surface area (Å²) < 4.78 is 5.09. The highest BCUT2D eigenvalue weighted by atomic mass is 16.5. The minimum absolute atomic E-state index is 0.312. The summed E-state index contributed by atoms with van der Waals surface area (Å²) in [5, 5.41) is 2.47. The van der Waals surface area contributed by atoms with Crippen molar-refractivity contribution in [2.75, 3.05) is 20.2 Å². The van der Waals surface area contributed by atoms with Crippen molar-refractivity contribution in [3.8, 4) is 0 Å². The van der Waals surface area contributed by atoms with E-state index in [-0.39, 0.29) is 6.09 Å². The van der Waals surface area contributed by atoms with Crippen LogP contribution in [0.25, 0.3) is 0 Å². The molecule has 0 aliphatic carbocycles. The van der Waals surface area contributed by atoms with Crippen LogP contribution in [-0.2, 0) is 4.74 Å². The number of ether oxygens (including phenoxy) is 1.